The van der Waals surface area contributed by atoms with Gasteiger partial charge in [-0.25, -0.2) is 0 Å². The molecule has 0 aliphatic rings. The van der Waals surface area contributed by atoms with Crippen molar-refractivity contribution in [2.75, 3.05) is 0 Å². The molecule has 0 radical (unpaired) electrons. The Morgan fingerprint density at radius 3 is 1.92 bits per heavy atom. The van der Waals surface area contributed by atoms with Crippen LogP contribution in [0.1, 0.15) is 13.8 Å². The first-order valence-corrected chi connectivity index (χ1v) is 4.44. The highest BCUT2D eigenvalue weighted by atomic mass is 32.2. The Kier molecular flexibility index (Phi) is 2.79. The van der Waals surface area contributed by atoms with Crippen molar-refractivity contribution in [1.29, 1.82) is 0 Å². The van der Waals surface area contributed by atoms with Gasteiger partial charge in [-0.1, -0.05) is 6.58 Å². The number of hydrogen-bond acceptors (Lipinski definition) is 4. The minimum atomic E-state index is -4.80. The lowest BCUT2D eigenvalue weighted by Gasteiger charge is -2.17. The van der Waals surface area contributed by atoms with Crippen molar-refractivity contribution in [2.24, 2.45) is 0 Å². The van der Waals surface area contributed by atoms with Crippen LogP contribution in [0.3, 0.4) is 0 Å². The molecule has 0 aromatic heterocycles. The van der Waals surface area contributed by atoms with Gasteiger partial charge in [0.2, 0.25) is 5.78 Å². The number of carbonyl (C=O) groups excluding carboxylic acids is 1. The predicted molar refractivity (Wildman–Crippen MR) is 42.0 cm³/mol. The first kappa shape index (κ1) is 11.3. The van der Waals surface area contributed by atoms with E-state index in [-0.39, 0.29) is 5.57 Å². The summed E-state index contributed by atoms with van der Waals surface area (Å²) in [4.78, 5) is 8.13. The molecule has 0 bridgehead atoms. The monoisotopic (exact) mass is 194 g/mol. The summed E-state index contributed by atoms with van der Waals surface area (Å²) < 4.78 is 29.3. The molecule has 5 nitrogen and oxygen atoms in total. The van der Waals surface area contributed by atoms with E-state index in [0.29, 0.717) is 6.92 Å². The SMILES string of the molecule is C=C(C)C(=O)C(C)(O)S(=O)(=O)O. The van der Waals surface area contributed by atoms with Crippen molar-refractivity contribution in [1.82, 2.24) is 0 Å². The second-order valence-electron chi connectivity index (χ2n) is 2.57. The van der Waals surface area contributed by atoms with E-state index >= 15 is 0 Å². The van der Waals surface area contributed by atoms with Gasteiger partial charge in [0, 0.05) is 0 Å². The molecule has 1 atom stereocenters. The van der Waals surface area contributed by atoms with Crippen LogP contribution in [-0.4, -0.2) is 28.8 Å². The Labute approximate surface area is 70.5 Å². The van der Waals surface area contributed by atoms with Gasteiger partial charge in [0.1, 0.15) is 0 Å². The van der Waals surface area contributed by atoms with Crippen molar-refractivity contribution in [3.63, 3.8) is 0 Å². The third-order valence-corrected chi connectivity index (χ3v) is 2.50. The Balaban J connectivity index is 5.15. The topological polar surface area (TPSA) is 91.7 Å². The number of Topliss-reactive ketones (excluding diaryl/α,β-unsaturated/α-hetero) is 1. The van der Waals surface area contributed by atoms with Crippen LogP contribution in [-0.2, 0) is 14.9 Å². The molecule has 0 rings (SSSR count). The van der Waals surface area contributed by atoms with E-state index in [1.54, 1.807) is 0 Å². The lowest BCUT2D eigenvalue weighted by molar-refractivity contribution is -0.125. The van der Waals surface area contributed by atoms with Crippen LogP contribution in [0.4, 0.5) is 0 Å². The van der Waals surface area contributed by atoms with E-state index < -0.39 is 20.8 Å². The highest BCUT2D eigenvalue weighted by Gasteiger charge is 2.43. The molecule has 0 saturated heterocycles. The molecular formula is C6H10O5S. The van der Waals surface area contributed by atoms with Crippen LogP contribution in [0.25, 0.3) is 0 Å². The maximum Gasteiger partial charge on any atom is 0.302 e. The van der Waals surface area contributed by atoms with E-state index in [1.807, 2.05) is 0 Å². The summed E-state index contributed by atoms with van der Waals surface area (Å²) in [5, 5.41) is 9.04. The summed E-state index contributed by atoms with van der Waals surface area (Å²) in [5.74, 6) is -1.12. The third kappa shape index (κ3) is 1.90. The van der Waals surface area contributed by atoms with E-state index in [2.05, 4.69) is 6.58 Å². The molecule has 12 heavy (non-hydrogen) atoms. The van der Waals surface area contributed by atoms with Crippen molar-refractivity contribution in [3.8, 4) is 0 Å². The summed E-state index contributed by atoms with van der Waals surface area (Å²) in [6.45, 7) is 5.08. The molecule has 0 fully saturated rings. The molecule has 0 aliphatic heterocycles. The number of hydrogen-bond donors (Lipinski definition) is 2. The molecule has 0 saturated carbocycles. The van der Waals surface area contributed by atoms with Crippen LogP contribution in [0.15, 0.2) is 12.2 Å². The second-order valence-corrected chi connectivity index (χ2v) is 4.31. The summed E-state index contributed by atoms with van der Waals surface area (Å²) in [7, 11) is -4.80. The minimum Gasteiger partial charge on any atom is -0.367 e. The third-order valence-electron chi connectivity index (χ3n) is 1.31. The average molecular weight is 194 g/mol. The standard InChI is InChI=1S/C6H10O5S/c1-4(2)5(7)6(3,8)12(9,10)11/h8H,1H2,2-3H3,(H,9,10,11). The van der Waals surface area contributed by atoms with Crippen molar-refractivity contribution < 1.29 is 22.9 Å². The van der Waals surface area contributed by atoms with Crippen molar-refractivity contribution >= 4 is 15.9 Å². The van der Waals surface area contributed by atoms with Gasteiger partial charge in [-0.2, -0.15) is 8.42 Å². The Bertz CT molecular complexity index is 311. The van der Waals surface area contributed by atoms with Gasteiger partial charge in [0.15, 0.2) is 0 Å². The van der Waals surface area contributed by atoms with Gasteiger partial charge in [0.25, 0.3) is 4.93 Å². The first-order chi connectivity index (χ1) is 5.10. The van der Waals surface area contributed by atoms with E-state index in [1.165, 1.54) is 6.92 Å². The largest absolute Gasteiger partial charge is 0.367 e. The van der Waals surface area contributed by atoms with Crippen LogP contribution < -0.4 is 0 Å². The van der Waals surface area contributed by atoms with Gasteiger partial charge in [0.05, 0.1) is 0 Å². The van der Waals surface area contributed by atoms with Gasteiger partial charge in [-0.15, -0.1) is 0 Å². The second kappa shape index (κ2) is 2.96. The maximum absolute atomic E-state index is 10.9. The summed E-state index contributed by atoms with van der Waals surface area (Å²) in [6.07, 6.45) is 0. The molecule has 0 spiro atoms. The smallest absolute Gasteiger partial charge is 0.302 e. The fraction of sp³-hybridized carbons (Fsp3) is 0.500. The van der Waals surface area contributed by atoms with Crippen LogP contribution in [0, 0.1) is 0 Å². The van der Waals surface area contributed by atoms with Crippen LogP contribution >= 0.6 is 0 Å². The lowest BCUT2D eigenvalue weighted by Crippen LogP contribution is -2.43. The highest BCUT2D eigenvalue weighted by molar-refractivity contribution is 7.87. The molecule has 0 amide bonds. The molecule has 0 aromatic rings. The molecule has 2 N–H and O–H groups in total. The van der Waals surface area contributed by atoms with Crippen LogP contribution in [0.2, 0.25) is 0 Å². The Hall–Kier alpha value is -0.720. The van der Waals surface area contributed by atoms with Crippen molar-refractivity contribution in [2.45, 2.75) is 18.8 Å². The quantitative estimate of drug-likeness (QED) is 0.476. The predicted octanol–water partition coefficient (Wildman–Crippen LogP) is -0.272. The number of carbonyl (C=O) groups is 1. The zero-order valence-corrected chi connectivity index (χ0v) is 7.55. The number of aliphatic hydroxyl groups is 1. The summed E-state index contributed by atoms with van der Waals surface area (Å²) >= 11 is 0. The van der Waals surface area contributed by atoms with E-state index in [4.69, 9.17) is 9.66 Å². The van der Waals surface area contributed by atoms with Crippen LogP contribution in [0.5, 0.6) is 0 Å². The zero-order valence-electron chi connectivity index (χ0n) is 6.73. The van der Waals surface area contributed by atoms with Gasteiger partial charge in [-0.3, -0.25) is 9.35 Å². The fourth-order valence-corrected chi connectivity index (χ4v) is 0.922. The molecule has 0 aliphatic carbocycles. The number of rotatable bonds is 3. The Morgan fingerprint density at radius 2 is 1.83 bits per heavy atom. The lowest BCUT2D eigenvalue weighted by atomic mass is 10.1. The normalized spacial score (nSPS) is 16.7. The summed E-state index contributed by atoms with van der Waals surface area (Å²) in [5.41, 5.74) is -0.141. The van der Waals surface area contributed by atoms with E-state index in [9.17, 15) is 13.2 Å². The Morgan fingerprint density at radius 1 is 1.50 bits per heavy atom. The zero-order chi connectivity index (χ0) is 10.2. The van der Waals surface area contributed by atoms with Crippen molar-refractivity contribution in [3.05, 3.63) is 12.2 Å². The van der Waals surface area contributed by atoms with Gasteiger partial charge in [-0.05, 0) is 19.4 Å². The molecule has 1 unspecified atom stereocenters. The minimum absolute atomic E-state index is 0.141. The molecular weight excluding hydrogens is 184 g/mol. The molecule has 6 heteroatoms. The summed E-state index contributed by atoms with van der Waals surface area (Å²) in [6, 6.07) is 0. The van der Waals surface area contributed by atoms with Gasteiger partial charge < -0.3 is 5.11 Å². The van der Waals surface area contributed by atoms with Gasteiger partial charge >= 0.3 is 10.1 Å². The molecule has 0 heterocycles. The first-order valence-electron chi connectivity index (χ1n) is 3.00. The maximum atomic E-state index is 10.9. The number of ketones is 1. The molecule has 70 valence electrons. The molecule has 0 aromatic carbocycles. The van der Waals surface area contributed by atoms with E-state index in [0.717, 1.165) is 0 Å². The fourth-order valence-electron chi connectivity index (χ4n) is 0.513. The average Bonchev–Trinajstić information content (AvgIpc) is 1.83. The highest BCUT2D eigenvalue weighted by Crippen LogP contribution is 2.16.